The van der Waals surface area contributed by atoms with E-state index in [1.54, 1.807) is 0 Å². The van der Waals surface area contributed by atoms with E-state index in [4.69, 9.17) is 0 Å². The van der Waals surface area contributed by atoms with E-state index in [0.29, 0.717) is 5.92 Å². The molecule has 5 nitrogen and oxygen atoms in total. The Balaban J connectivity index is 0.000000438. The number of hydrogen-bond acceptors (Lipinski definition) is 5. The van der Waals surface area contributed by atoms with Crippen LogP contribution < -0.4 is 10.6 Å². The lowest BCUT2D eigenvalue weighted by atomic mass is 9.87. The van der Waals surface area contributed by atoms with Gasteiger partial charge in [-0.05, 0) is 77.4 Å². The van der Waals surface area contributed by atoms with Gasteiger partial charge in [-0.3, -0.25) is 4.79 Å². The monoisotopic (exact) mass is 461 g/mol. The fourth-order valence-corrected chi connectivity index (χ4v) is 3.62. The largest absolute Gasteiger partial charge is 0.320 e. The topological polar surface area (TPSA) is 61.4 Å². The summed E-state index contributed by atoms with van der Waals surface area (Å²) >= 11 is 0. The molecule has 5 heteroatoms. The van der Waals surface area contributed by atoms with Crippen LogP contribution in [-0.4, -0.2) is 64.3 Å². The van der Waals surface area contributed by atoms with Gasteiger partial charge in [0.2, 0.25) is 0 Å². The number of hydrogen-bond donors (Lipinski definition) is 2. The second-order valence-corrected chi connectivity index (χ2v) is 10.1. The van der Waals surface area contributed by atoms with Crippen LogP contribution >= 0.6 is 0 Å². The molecule has 1 aromatic carbocycles. The first-order valence-corrected chi connectivity index (χ1v) is 12.7. The van der Waals surface area contributed by atoms with Crippen LogP contribution in [0.4, 0.5) is 0 Å². The Morgan fingerprint density at radius 2 is 1.45 bits per heavy atom. The Kier molecular flexibility index (Phi) is 17.9. The standard InChI is InChI=1S/C11H14O.C7H13NO.C7H15N.C3H9N/c1-11(2,3)10-6-4-9(8-12)5-7-10;1-8-4-2-7(6-9)3-5-8;1-8-7-5-3-2-4-6-7;1-3-4-2/h4-8H,1-3H3;6-7H,2-5H2,1H3;7-8H,2-6H2,1H3;4H,3H2,1-2H3. The van der Waals surface area contributed by atoms with Crippen LogP contribution in [0.3, 0.4) is 0 Å². The molecule has 0 atom stereocenters. The smallest absolute Gasteiger partial charge is 0.150 e. The molecule has 0 spiro atoms. The van der Waals surface area contributed by atoms with Crippen LogP contribution in [0.1, 0.15) is 88.6 Å². The Bertz CT molecular complexity index is 595. The number of benzene rings is 1. The lowest BCUT2D eigenvalue weighted by Gasteiger charge is -2.25. The molecule has 33 heavy (non-hydrogen) atoms. The van der Waals surface area contributed by atoms with Crippen molar-refractivity contribution >= 4 is 12.6 Å². The fraction of sp³-hybridized carbons (Fsp3) is 0.714. The third-order valence-corrected chi connectivity index (χ3v) is 6.24. The van der Waals surface area contributed by atoms with Crippen molar-refractivity contribution in [1.82, 2.24) is 15.5 Å². The number of nitrogens with zero attached hydrogens (tertiary/aromatic N) is 1. The Morgan fingerprint density at radius 3 is 1.79 bits per heavy atom. The minimum Gasteiger partial charge on any atom is -0.320 e. The molecule has 0 radical (unpaired) electrons. The lowest BCUT2D eigenvalue weighted by molar-refractivity contribution is -0.112. The highest BCUT2D eigenvalue weighted by molar-refractivity contribution is 5.74. The highest BCUT2D eigenvalue weighted by Gasteiger charge is 2.14. The van der Waals surface area contributed by atoms with Gasteiger partial charge >= 0.3 is 0 Å². The van der Waals surface area contributed by atoms with Gasteiger partial charge in [0.05, 0.1) is 0 Å². The van der Waals surface area contributed by atoms with Gasteiger partial charge in [0.15, 0.2) is 0 Å². The number of nitrogens with one attached hydrogen (secondary N) is 2. The first-order chi connectivity index (χ1) is 15.7. The number of rotatable bonds is 4. The summed E-state index contributed by atoms with van der Waals surface area (Å²) in [5.74, 6) is 0.348. The lowest BCUT2D eigenvalue weighted by Crippen LogP contribution is -2.30. The SMILES string of the molecule is CC(C)(C)c1ccc(C=O)cc1.CCNC.CN1CCC(C=O)CC1.CNC1CCCCC1. The molecule has 0 bridgehead atoms. The molecular weight excluding hydrogens is 410 g/mol. The Labute approximate surface area is 204 Å². The molecule has 190 valence electrons. The second kappa shape index (κ2) is 18.8. The van der Waals surface area contributed by atoms with Crippen molar-refractivity contribution in [2.24, 2.45) is 5.92 Å². The first-order valence-electron chi connectivity index (χ1n) is 12.7. The molecule has 2 N–H and O–H groups in total. The molecule has 1 saturated carbocycles. The molecular formula is C28H51N3O2. The highest BCUT2D eigenvalue weighted by Crippen LogP contribution is 2.21. The predicted octanol–water partition coefficient (Wildman–Crippen LogP) is 5.09. The van der Waals surface area contributed by atoms with Crippen LogP contribution in [0.2, 0.25) is 0 Å². The van der Waals surface area contributed by atoms with Gasteiger partial charge in [-0.2, -0.15) is 0 Å². The third kappa shape index (κ3) is 15.8. The first kappa shape index (κ1) is 31.4. The van der Waals surface area contributed by atoms with E-state index < -0.39 is 0 Å². The van der Waals surface area contributed by atoms with Crippen molar-refractivity contribution in [1.29, 1.82) is 0 Å². The van der Waals surface area contributed by atoms with Gasteiger partial charge in [0, 0.05) is 17.5 Å². The maximum absolute atomic E-state index is 10.4. The number of piperidine rings is 1. The summed E-state index contributed by atoms with van der Waals surface area (Å²) in [6.07, 6.45) is 11.2. The number of likely N-dealkylation sites (tertiary alicyclic amines) is 1. The van der Waals surface area contributed by atoms with E-state index >= 15 is 0 Å². The molecule has 1 saturated heterocycles. The number of carbonyl (C=O) groups excluding carboxylic acids is 2. The van der Waals surface area contributed by atoms with Crippen molar-refractivity contribution in [2.75, 3.05) is 40.8 Å². The van der Waals surface area contributed by atoms with Gasteiger partial charge in [0.1, 0.15) is 12.6 Å². The minimum atomic E-state index is 0.168. The van der Waals surface area contributed by atoms with E-state index in [0.717, 1.165) is 56.7 Å². The minimum absolute atomic E-state index is 0.168. The summed E-state index contributed by atoms with van der Waals surface area (Å²) in [7, 11) is 6.09. The molecule has 0 aromatic heterocycles. The molecule has 0 unspecified atom stereocenters. The van der Waals surface area contributed by atoms with E-state index in [1.165, 1.54) is 37.7 Å². The average Bonchev–Trinajstić information content (AvgIpc) is 2.85. The number of aldehydes is 2. The summed E-state index contributed by atoms with van der Waals surface area (Å²) < 4.78 is 0. The summed E-state index contributed by atoms with van der Waals surface area (Å²) in [5, 5.41) is 6.23. The summed E-state index contributed by atoms with van der Waals surface area (Å²) in [5.41, 5.74) is 2.16. The van der Waals surface area contributed by atoms with Crippen LogP contribution in [-0.2, 0) is 10.2 Å². The van der Waals surface area contributed by atoms with E-state index in [-0.39, 0.29) is 5.41 Å². The van der Waals surface area contributed by atoms with E-state index in [9.17, 15) is 9.59 Å². The van der Waals surface area contributed by atoms with Crippen LogP contribution in [0.15, 0.2) is 24.3 Å². The summed E-state index contributed by atoms with van der Waals surface area (Å²) in [6, 6.07) is 8.55. The second-order valence-electron chi connectivity index (χ2n) is 10.1. The molecule has 0 amide bonds. The zero-order valence-corrected chi connectivity index (χ0v) is 22.5. The van der Waals surface area contributed by atoms with E-state index in [2.05, 4.69) is 57.3 Å². The predicted molar refractivity (Wildman–Crippen MR) is 142 cm³/mol. The zero-order chi connectivity index (χ0) is 25.1. The van der Waals surface area contributed by atoms with Crippen molar-refractivity contribution in [3.63, 3.8) is 0 Å². The highest BCUT2D eigenvalue weighted by atomic mass is 16.1. The van der Waals surface area contributed by atoms with Crippen LogP contribution in [0.5, 0.6) is 0 Å². The molecule has 2 fully saturated rings. The third-order valence-electron chi connectivity index (χ3n) is 6.24. The molecule has 1 heterocycles. The molecule has 1 aromatic rings. The van der Waals surface area contributed by atoms with Gasteiger partial charge < -0.3 is 20.3 Å². The fourth-order valence-electron chi connectivity index (χ4n) is 3.62. The zero-order valence-electron chi connectivity index (χ0n) is 22.5. The quantitative estimate of drug-likeness (QED) is 0.612. The average molecular weight is 462 g/mol. The van der Waals surface area contributed by atoms with Gasteiger partial charge in [0.25, 0.3) is 0 Å². The molecule has 2 aliphatic rings. The van der Waals surface area contributed by atoms with Crippen LogP contribution in [0, 0.1) is 5.92 Å². The summed E-state index contributed by atoms with van der Waals surface area (Å²) in [4.78, 5) is 22.9. The molecule has 3 rings (SSSR count). The van der Waals surface area contributed by atoms with Gasteiger partial charge in [-0.1, -0.05) is 71.2 Å². The number of carbonyl (C=O) groups is 2. The van der Waals surface area contributed by atoms with Crippen molar-refractivity contribution in [3.05, 3.63) is 35.4 Å². The Morgan fingerprint density at radius 1 is 0.939 bits per heavy atom. The summed E-state index contributed by atoms with van der Waals surface area (Å²) in [6.45, 7) is 11.8. The van der Waals surface area contributed by atoms with Gasteiger partial charge in [-0.25, -0.2) is 0 Å². The molecule has 1 aliphatic carbocycles. The molecule has 1 aliphatic heterocycles. The van der Waals surface area contributed by atoms with Crippen LogP contribution in [0.25, 0.3) is 0 Å². The normalized spacial score (nSPS) is 17.3. The maximum Gasteiger partial charge on any atom is 0.150 e. The maximum atomic E-state index is 10.4. The van der Waals surface area contributed by atoms with Gasteiger partial charge in [-0.15, -0.1) is 0 Å². The Hall–Kier alpha value is -1.56. The van der Waals surface area contributed by atoms with E-state index in [1.807, 2.05) is 31.3 Å². The van der Waals surface area contributed by atoms with Crippen molar-refractivity contribution < 1.29 is 9.59 Å². The van der Waals surface area contributed by atoms with Crippen molar-refractivity contribution in [2.45, 2.75) is 84.1 Å². The van der Waals surface area contributed by atoms with Crippen molar-refractivity contribution in [3.8, 4) is 0 Å².